The van der Waals surface area contributed by atoms with E-state index in [1.807, 2.05) is 27.7 Å². The van der Waals surface area contributed by atoms with Gasteiger partial charge in [0.1, 0.15) is 5.60 Å². The van der Waals surface area contributed by atoms with Crippen LogP contribution in [0.4, 0.5) is 0 Å². The molecule has 0 aromatic heterocycles. The van der Waals surface area contributed by atoms with Crippen molar-refractivity contribution in [3.05, 3.63) is 11.6 Å². The summed E-state index contributed by atoms with van der Waals surface area (Å²) in [4.78, 5) is 0. The number of aliphatic hydroxyl groups is 2. The lowest BCUT2D eigenvalue weighted by atomic mass is 9.55. The summed E-state index contributed by atoms with van der Waals surface area (Å²) in [7, 11) is 0. The van der Waals surface area contributed by atoms with Gasteiger partial charge in [0.15, 0.2) is 0 Å². The average Bonchev–Trinajstić information content (AvgIpc) is 2.94. The SMILES string of the molecule is CC1=CC[C@H]2[C@H](CC[C@]2(C)O)C(C)(C)[C@@H]1CC[C@H]1[C@]2(C)CC/C(=N/O)C(C)(C)O[C@H]2CC[C@@]1(C)O. The second kappa shape index (κ2) is 8.84. The van der Waals surface area contributed by atoms with Gasteiger partial charge in [0.2, 0.25) is 0 Å². The first-order chi connectivity index (χ1) is 16.1. The quantitative estimate of drug-likeness (QED) is 0.240. The monoisotopic (exact) mass is 489 g/mol. The number of oxime groups is 1. The molecule has 0 radical (unpaired) electrons. The summed E-state index contributed by atoms with van der Waals surface area (Å²) < 4.78 is 6.65. The minimum atomic E-state index is -0.744. The zero-order chi connectivity index (χ0) is 26.0. The van der Waals surface area contributed by atoms with Gasteiger partial charge in [0.05, 0.1) is 23.0 Å². The van der Waals surface area contributed by atoms with Crippen LogP contribution in [0.3, 0.4) is 0 Å². The Balaban J connectivity index is 1.61. The van der Waals surface area contributed by atoms with E-state index in [2.05, 4.69) is 38.9 Å². The third-order valence-electron chi connectivity index (χ3n) is 11.4. The Labute approximate surface area is 213 Å². The van der Waals surface area contributed by atoms with Crippen molar-refractivity contribution in [3.8, 4) is 0 Å². The molecule has 0 aromatic rings. The van der Waals surface area contributed by atoms with Gasteiger partial charge in [-0.05, 0) is 127 Å². The second-order valence-corrected chi connectivity index (χ2v) is 14.4. The summed E-state index contributed by atoms with van der Waals surface area (Å²) in [6.45, 7) is 17.5. The van der Waals surface area contributed by atoms with Gasteiger partial charge in [0, 0.05) is 0 Å². The van der Waals surface area contributed by atoms with Crippen molar-refractivity contribution in [1.29, 1.82) is 0 Å². The summed E-state index contributed by atoms with van der Waals surface area (Å²) in [5.41, 5.74) is 0.157. The Hall–Kier alpha value is -0.910. The second-order valence-electron chi connectivity index (χ2n) is 14.4. The van der Waals surface area contributed by atoms with Gasteiger partial charge in [0.25, 0.3) is 0 Å². The molecular formula is C30H51NO4. The number of rotatable bonds is 3. The van der Waals surface area contributed by atoms with Crippen molar-refractivity contribution < 1.29 is 20.2 Å². The number of hydrogen-bond acceptors (Lipinski definition) is 5. The minimum Gasteiger partial charge on any atom is -0.411 e. The lowest BCUT2D eigenvalue weighted by Gasteiger charge is -2.54. The lowest BCUT2D eigenvalue weighted by molar-refractivity contribution is -0.188. The largest absolute Gasteiger partial charge is 0.411 e. The zero-order valence-electron chi connectivity index (χ0n) is 23.5. The maximum Gasteiger partial charge on any atom is 0.104 e. The maximum absolute atomic E-state index is 11.7. The standard InChI is InChI=1S/C30H51NO4/c1-19-9-10-22-21(13-17-29(22,7)32)26(2,3)20(19)11-12-23-28(6)16-14-24(31-34)27(4,5)35-25(28)15-18-30(23,8)33/h9,20-23,25,32-34H,10-18H2,1-8H3/b31-24-/t20-,21+,22+,23+,25+,28+,29+,30-/m1/s1. The topological polar surface area (TPSA) is 82.3 Å². The summed E-state index contributed by atoms with van der Waals surface area (Å²) >= 11 is 0. The third-order valence-corrected chi connectivity index (χ3v) is 11.4. The maximum atomic E-state index is 11.7. The summed E-state index contributed by atoms with van der Waals surface area (Å²) in [6, 6.07) is 0. The molecule has 0 aromatic carbocycles. The Kier molecular flexibility index (Phi) is 6.85. The zero-order valence-corrected chi connectivity index (χ0v) is 23.5. The molecular weight excluding hydrogens is 438 g/mol. The normalized spacial score (nSPS) is 48.5. The van der Waals surface area contributed by atoms with E-state index >= 15 is 0 Å². The van der Waals surface area contributed by atoms with Crippen LogP contribution in [0.2, 0.25) is 0 Å². The Morgan fingerprint density at radius 1 is 0.914 bits per heavy atom. The van der Waals surface area contributed by atoms with Crippen LogP contribution in [0.25, 0.3) is 0 Å². The molecule has 3 aliphatic carbocycles. The predicted molar refractivity (Wildman–Crippen MR) is 141 cm³/mol. The highest BCUT2D eigenvalue weighted by atomic mass is 16.5. The molecule has 0 amide bonds. The summed E-state index contributed by atoms with van der Waals surface area (Å²) in [6.07, 6.45) is 10.5. The van der Waals surface area contributed by atoms with Gasteiger partial charge in [-0.2, -0.15) is 0 Å². The third kappa shape index (κ3) is 4.52. The fourth-order valence-electron chi connectivity index (χ4n) is 9.12. The number of fused-ring (bicyclic) bond motifs is 2. The van der Waals surface area contributed by atoms with Crippen molar-refractivity contribution in [2.75, 3.05) is 0 Å². The Morgan fingerprint density at radius 2 is 1.57 bits per heavy atom. The van der Waals surface area contributed by atoms with Crippen LogP contribution in [-0.2, 0) is 4.74 Å². The number of ether oxygens (including phenoxy) is 1. The molecule has 200 valence electrons. The molecule has 3 N–H and O–H groups in total. The molecule has 5 heteroatoms. The van der Waals surface area contributed by atoms with Crippen LogP contribution in [-0.4, -0.2) is 44.0 Å². The van der Waals surface area contributed by atoms with Crippen LogP contribution < -0.4 is 0 Å². The fourth-order valence-corrected chi connectivity index (χ4v) is 9.12. The molecule has 35 heavy (non-hydrogen) atoms. The van der Waals surface area contributed by atoms with Crippen LogP contribution in [0.5, 0.6) is 0 Å². The molecule has 5 nitrogen and oxygen atoms in total. The minimum absolute atomic E-state index is 0.0371. The molecule has 0 bridgehead atoms. The molecule has 1 heterocycles. The fraction of sp³-hybridized carbons (Fsp3) is 0.900. The van der Waals surface area contributed by atoms with Crippen molar-refractivity contribution in [2.45, 2.75) is 136 Å². The number of allylic oxidation sites excluding steroid dienone is 2. The van der Waals surface area contributed by atoms with E-state index in [-0.39, 0.29) is 22.9 Å². The molecule has 1 aliphatic heterocycles. The first-order valence-corrected chi connectivity index (χ1v) is 14.1. The van der Waals surface area contributed by atoms with E-state index in [4.69, 9.17) is 4.74 Å². The number of nitrogens with zero attached hydrogens (tertiary/aromatic N) is 1. The van der Waals surface area contributed by atoms with Crippen LogP contribution in [0.1, 0.15) is 113 Å². The van der Waals surface area contributed by atoms with Gasteiger partial charge >= 0.3 is 0 Å². The van der Waals surface area contributed by atoms with Crippen molar-refractivity contribution in [3.63, 3.8) is 0 Å². The highest BCUT2D eigenvalue weighted by Crippen LogP contribution is 2.59. The summed E-state index contributed by atoms with van der Waals surface area (Å²) in [5, 5.41) is 36.1. The van der Waals surface area contributed by atoms with Crippen LogP contribution in [0, 0.1) is 34.5 Å². The molecule has 4 aliphatic rings. The van der Waals surface area contributed by atoms with E-state index in [1.54, 1.807) is 0 Å². The number of hydrogen-bond donors (Lipinski definition) is 3. The lowest BCUT2D eigenvalue weighted by Crippen LogP contribution is -2.56. The molecule has 0 spiro atoms. The van der Waals surface area contributed by atoms with Gasteiger partial charge in [-0.3, -0.25) is 0 Å². The van der Waals surface area contributed by atoms with Crippen molar-refractivity contribution in [1.82, 2.24) is 0 Å². The first kappa shape index (κ1) is 27.1. The Morgan fingerprint density at radius 3 is 2.23 bits per heavy atom. The van der Waals surface area contributed by atoms with Crippen LogP contribution >= 0.6 is 0 Å². The van der Waals surface area contributed by atoms with Crippen molar-refractivity contribution >= 4 is 5.71 Å². The average molecular weight is 490 g/mol. The van der Waals surface area contributed by atoms with E-state index in [1.165, 1.54) is 5.57 Å². The van der Waals surface area contributed by atoms with Gasteiger partial charge in [-0.15, -0.1) is 0 Å². The molecule has 0 unspecified atom stereocenters. The van der Waals surface area contributed by atoms with E-state index in [0.29, 0.717) is 29.9 Å². The van der Waals surface area contributed by atoms with Crippen molar-refractivity contribution in [2.24, 2.45) is 39.7 Å². The predicted octanol–water partition coefficient (Wildman–Crippen LogP) is 6.49. The van der Waals surface area contributed by atoms with Gasteiger partial charge in [-0.25, -0.2) is 0 Å². The summed E-state index contributed by atoms with van der Waals surface area (Å²) in [5.74, 6) is 1.38. The van der Waals surface area contributed by atoms with E-state index in [9.17, 15) is 15.4 Å². The van der Waals surface area contributed by atoms with Gasteiger partial charge < -0.3 is 20.2 Å². The molecule has 3 fully saturated rings. The van der Waals surface area contributed by atoms with E-state index in [0.717, 1.165) is 51.4 Å². The molecule has 2 saturated carbocycles. The molecule has 8 atom stereocenters. The highest BCUT2D eigenvalue weighted by molar-refractivity contribution is 5.91. The Bertz CT molecular complexity index is 870. The first-order valence-electron chi connectivity index (χ1n) is 14.1. The van der Waals surface area contributed by atoms with Crippen LogP contribution in [0.15, 0.2) is 16.8 Å². The smallest absolute Gasteiger partial charge is 0.104 e. The van der Waals surface area contributed by atoms with E-state index < -0.39 is 16.8 Å². The molecule has 1 saturated heterocycles. The molecule has 4 rings (SSSR count). The van der Waals surface area contributed by atoms with Gasteiger partial charge in [-0.1, -0.05) is 37.6 Å². The highest BCUT2D eigenvalue weighted by Gasteiger charge is 2.57.